The molecule has 0 saturated heterocycles. The fraction of sp³-hybridized carbons (Fsp3) is 0.471. The monoisotopic (exact) mass is 270 g/mol. The molecular weight excluding hydrogens is 248 g/mol. The molecule has 0 bridgehead atoms. The lowest BCUT2D eigenvalue weighted by molar-refractivity contribution is 0.0914. The maximum atomic E-state index is 12.5. The van der Waals surface area contributed by atoms with Gasteiger partial charge in [-0.1, -0.05) is 62.8 Å². The first-order valence-corrected chi connectivity index (χ1v) is 10.3. The first-order chi connectivity index (χ1) is 8.66. The number of hydrogen-bond donors (Lipinski definition) is 0. The number of hydrogen-bond acceptors (Lipinski definition) is 1. The maximum Gasteiger partial charge on any atom is 0.178 e. The Hall–Kier alpha value is -1.33. The van der Waals surface area contributed by atoms with Gasteiger partial charge >= 0.3 is 0 Å². The molecular formula is C17H22OSi. The summed E-state index contributed by atoms with van der Waals surface area (Å²) in [6.07, 6.45) is 6.29. The summed E-state index contributed by atoms with van der Waals surface area (Å²) in [6.45, 7) is 11.2. The Bertz CT molecular complexity index is 570. The molecule has 0 aromatic heterocycles. The largest absolute Gasteiger partial charge is 0.293 e. The van der Waals surface area contributed by atoms with Crippen LogP contribution in [-0.2, 0) is 5.41 Å². The van der Waals surface area contributed by atoms with Crippen molar-refractivity contribution in [1.29, 1.82) is 0 Å². The zero-order valence-corrected chi connectivity index (χ0v) is 13.5. The molecule has 0 aliphatic heterocycles. The minimum atomic E-state index is -1.40. The molecule has 0 N–H and O–H groups in total. The van der Waals surface area contributed by atoms with E-state index in [4.69, 9.17) is 6.42 Å². The highest BCUT2D eigenvalue weighted by Crippen LogP contribution is 2.39. The topological polar surface area (TPSA) is 17.1 Å². The molecule has 19 heavy (non-hydrogen) atoms. The fourth-order valence-electron chi connectivity index (χ4n) is 2.84. The predicted molar refractivity (Wildman–Crippen MR) is 83.7 cm³/mol. The molecule has 100 valence electrons. The molecule has 0 radical (unpaired) electrons. The number of terminal acetylenes is 1. The van der Waals surface area contributed by atoms with Crippen LogP contribution in [0.4, 0.5) is 0 Å². The maximum absolute atomic E-state index is 12.5. The van der Waals surface area contributed by atoms with Gasteiger partial charge in [0.1, 0.15) is 0 Å². The average Bonchev–Trinajstić information content (AvgIpc) is 2.32. The zero-order chi connectivity index (χ0) is 14.4. The van der Waals surface area contributed by atoms with E-state index in [-0.39, 0.29) is 17.1 Å². The van der Waals surface area contributed by atoms with Crippen molar-refractivity contribution in [1.82, 2.24) is 0 Å². The predicted octanol–water partition coefficient (Wildman–Crippen LogP) is 3.35. The molecule has 1 aliphatic rings. The summed E-state index contributed by atoms with van der Waals surface area (Å²) in [6, 6.07) is 6.46. The number of Topliss-reactive ketones (excluding diaryl/α,β-unsaturated/α-hetero) is 1. The quantitative estimate of drug-likeness (QED) is 0.565. The summed E-state index contributed by atoms with van der Waals surface area (Å²) < 4.78 is 0. The van der Waals surface area contributed by atoms with Crippen LogP contribution in [0.15, 0.2) is 18.2 Å². The molecule has 0 saturated carbocycles. The second-order valence-electron chi connectivity index (χ2n) is 7.18. The summed E-state index contributed by atoms with van der Waals surface area (Å²) in [7, 11) is -1.40. The Labute approximate surface area is 117 Å². The van der Waals surface area contributed by atoms with Gasteiger partial charge in [-0.25, -0.2) is 0 Å². The molecule has 2 heteroatoms. The van der Waals surface area contributed by atoms with E-state index in [1.165, 1.54) is 5.19 Å². The summed E-state index contributed by atoms with van der Waals surface area (Å²) in [5.74, 6) is 2.54. The van der Waals surface area contributed by atoms with Gasteiger partial charge in [-0.15, -0.1) is 6.42 Å². The van der Waals surface area contributed by atoms with Gasteiger partial charge in [-0.3, -0.25) is 4.79 Å². The highest BCUT2D eigenvalue weighted by atomic mass is 28.3. The van der Waals surface area contributed by atoms with E-state index >= 15 is 0 Å². The minimum Gasteiger partial charge on any atom is -0.293 e. The van der Waals surface area contributed by atoms with E-state index in [1.807, 2.05) is 0 Å². The number of rotatable bonds is 1. The van der Waals surface area contributed by atoms with Crippen LogP contribution in [0.5, 0.6) is 0 Å². The molecule has 1 aliphatic carbocycles. The average molecular weight is 270 g/mol. The molecule has 1 aromatic carbocycles. The van der Waals surface area contributed by atoms with Crippen molar-refractivity contribution >= 4 is 19.0 Å². The number of fused-ring (bicyclic) bond motifs is 1. The molecule has 1 unspecified atom stereocenters. The molecule has 1 aromatic rings. The summed E-state index contributed by atoms with van der Waals surface area (Å²) in [5.41, 5.74) is 2.00. The third-order valence-electron chi connectivity index (χ3n) is 4.11. The Kier molecular flexibility index (Phi) is 3.22. The Morgan fingerprint density at radius 2 is 1.95 bits per heavy atom. The number of carbonyl (C=O) groups is 1. The SMILES string of the molecule is C#CC1CC(C)(C)c2ccc([Si](C)(C)C)cc2C1=O. The molecule has 0 spiro atoms. The van der Waals surface area contributed by atoms with Crippen LogP contribution in [-0.4, -0.2) is 13.9 Å². The second-order valence-corrected chi connectivity index (χ2v) is 12.3. The smallest absolute Gasteiger partial charge is 0.178 e. The Morgan fingerprint density at radius 3 is 2.47 bits per heavy atom. The van der Waals surface area contributed by atoms with Gasteiger partial charge < -0.3 is 0 Å². The van der Waals surface area contributed by atoms with Crippen molar-refractivity contribution in [3.8, 4) is 12.3 Å². The number of ketones is 1. The lowest BCUT2D eigenvalue weighted by Gasteiger charge is -2.35. The lowest BCUT2D eigenvalue weighted by Crippen LogP contribution is -2.41. The van der Waals surface area contributed by atoms with Gasteiger partial charge in [0.25, 0.3) is 0 Å². The zero-order valence-electron chi connectivity index (χ0n) is 12.5. The molecule has 1 nitrogen and oxygen atoms in total. The van der Waals surface area contributed by atoms with Crippen molar-refractivity contribution in [2.75, 3.05) is 0 Å². The fourth-order valence-corrected chi connectivity index (χ4v) is 4.00. The third kappa shape index (κ3) is 2.40. The van der Waals surface area contributed by atoms with Gasteiger partial charge in [-0.05, 0) is 17.4 Å². The second kappa shape index (κ2) is 4.35. The number of benzene rings is 1. The Balaban J connectivity index is 2.63. The third-order valence-corrected chi connectivity index (χ3v) is 6.16. The summed E-state index contributed by atoms with van der Waals surface area (Å²) >= 11 is 0. The van der Waals surface area contributed by atoms with Crippen molar-refractivity contribution in [3.05, 3.63) is 29.3 Å². The highest BCUT2D eigenvalue weighted by molar-refractivity contribution is 6.88. The standard InChI is InChI=1S/C17H22OSi/c1-7-12-11-17(2,3)15-9-8-13(19(4,5)6)10-14(15)16(12)18/h1,8-10,12H,11H2,2-6H3. The normalized spacial score (nSPS) is 21.7. The van der Waals surface area contributed by atoms with Crippen molar-refractivity contribution in [2.45, 2.75) is 45.3 Å². The van der Waals surface area contributed by atoms with Gasteiger partial charge in [0.2, 0.25) is 0 Å². The van der Waals surface area contributed by atoms with E-state index < -0.39 is 8.07 Å². The van der Waals surface area contributed by atoms with Gasteiger partial charge in [0.05, 0.1) is 14.0 Å². The molecule has 0 heterocycles. The van der Waals surface area contributed by atoms with Gasteiger partial charge in [0.15, 0.2) is 5.78 Å². The van der Waals surface area contributed by atoms with Crippen molar-refractivity contribution in [3.63, 3.8) is 0 Å². The molecule has 2 rings (SSSR count). The van der Waals surface area contributed by atoms with Crippen LogP contribution in [0.3, 0.4) is 0 Å². The molecule has 0 fully saturated rings. The van der Waals surface area contributed by atoms with E-state index in [2.05, 4.69) is 57.6 Å². The van der Waals surface area contributed by atoms with Gasteiger partial charge in [-0.2, -0.15) is 0 Å². The van der Waals surface area contributed by atoms with Crippen LogP contribution in [0, 0.1) is 18.3 Å². The van der Waals surface area contributed by atoms with E-state index in [1.54, 1.807) is 0 Å². The van der Waals surface area contributed by atoms with Crippen LogP contribution >= 0.6 is 0 Å². The minimum absolute atomic E-state index is 0.0156. The summed E-state index contributed by atoms with van der Waals surface area (Å²) in [4.78, 5) is 12.5. The van der Waals surface area contributed by atoms with E-state index in [0.717, 1.165) is 17.5 Å². The number of carbonyl (C=O) groups excluding carboxylic acids is 1. The highest BCUT2D eigenvalue weighted by Gasteiger charge is 2.38. The van der Waals surface area contributed by atoms with Crippen LogP contribution in [0.25, 0.3) is 0 Å². The van der Waals surface area contributed by atoms with Gasteiger partial charge in [0, 0.05) is 5.56 Å². The van der Waals surface area contributed by atoms with Crippen molar-refractivity contribution in [2.24, 2.45) is 5.92 Å². The van der Waals surface area contributed by atoms with E-state index in [0.29, 0.717) is 0 Å². The van der Waals surface area contributed by atoms with E-state index in [9.17, 15) is 4.79 Å². The van der Waals surface area contributed by atoms with Crippen LogP contribution in [0.2, 0.25) is 19.6 Å². The first kappa shape index (κ1) is 14.1. The summed E-state index contributed by atoms with van der Waals surface area (Å²) in [5, 5.41) is 1.33. The lowest BCUT2D eigenvalue weighted by atomic mass is 9.68. The Morgan fingerprint density at radius 1 is 1.32 bits per heavy atom. The molecule has 1 atom stereocenters. The van der Waals surface area contributed by atoms with Crippen molar-refractivity contribution < 1.29 is 4.79 Å². The molecule has 0 amide bonds. The van der Waals surface area contributed by atoms with Crippen LogP contribution in [0.1, 0.15) is 36.2 Å². The van der Waals surface area contributed by atoms with Crippen LogP contribution < -0.4 is 5.19 Å². The first-order valence-electron chi connectivity index (χ1n) is 6.82.